The van der Waals surface area contributed by atoms with E-state index in [0.29, 0.717) is 12.5 Å². The van der Waals surface area contributed by atoms with Crippen molar-refractivity contribution in [3.05, 3.63) is 12.2 Å². The quantitative estimate of drug-likeness (QED) is 0.585. The lowest BCUT2D eigenvalue weighted by molar-refractivity contribution is -0.131. The maximum absolute atomic E-state index is 10.1. The summed E-state index contributed by atoms with van der Waals surface area (Å²) in [5.74, 6) is -0.570. The monoisotopic (exact) mass is 157 g/mol. The third-order valence-electron chi connectivity index (χ3n) is 1.43. The molecule has 0 spiro atoms. The fourth-order valence-corrected chi connectivity index (χ4v) is 0.783. The summed E-state index contributed by atoms with van der Waals surface area (Å²) in [7, 11) is 0. The number of aliphatic carboxylic acids is 1. The molecule has 64 valence electrons. The van der Waals surface area contributed by atoms with Gasteiger partial charge in [0.25, 0.3) is 0 Å². The SMILES string of the molecule is CC(C=CC(=O)O)CCCN. The van der Waals surface area contributed by atoms with Crippen molar-refractivity contribution in [3.8, 4) is 0 Å². The first-order valence-corrected chi connectivity index (χ1v) is 3.78. The molecule has 0 rings (SSSR count). The van der Waals surface area contributed by atoms with Crippen molar-refractivity contribution in [3.63, 3.8) is 0 Å². The number of allylic oxidation sites excluding steroid dienone is 1. The number of hydrogen-bond acceptors (Lipinski definition) is 2. The van der Waals surface area contributed by atoms with Gasteiger partial charge in [-0.15, -0.1) is 0 Å². The van der Waals surface area contributed by atoms with Gasteiger partial charge in [0.1, 0.15) is 0 Å². The van der Waals surface area contributed by atoms with E-state index in [-0.39, 0.29) is 0 Å². The van der Waals surface area contributed by atoms with Crippen molar-refractivity contribution in [2.45, 2.75) is 19.8 Å². The molecule has 1 atom stereocenters. The highest BCUT2D eigenvalue weighted by atomic mass is 16.4. The van der Waals surface area contributed by atoms with Crippen LogP contribution in [0.3, 0.4) is 0 Å². The van der Waals surface area contributed by atoms with E-state index in [9.17, 15) is 4.79 Å². The first-order valence-electron chi connectivity index (χ1n) is 3.78. The van der Waals surface area contributed by atoms with Crippen LogP contribution in [-0.4, -0.2) is 17.6 Å². The van der Waals surface area contributed by atoms with Crippen LogP contribution in [0.4, 0.5) is 0 Å². The summed E-state index contributed by atoms with van der Waals surface area (Å²) >= 11 is 0. The van der Waals surface area contributed by atoms with E-state index >= 15 is 0 Å². The van der Waals surface area contributed by atoms with Gasteiger partial charge in [0.15, 0.2) is 0 Å². The number of carboxylic acid groups (broad SMARTS) is 1. The van der Waals surface area contributed by atoms with Gasteiger partial charge in [-0.05, 0) is 25.3 Å². The normalized spacial score (nSPS) is 13.6. The Morgan fingerprint density at radius 1 is 1.73 bits per heavy atom. The number of hydrogen-bond donors (Lipinski definition) is 2. The Morgan fingerprint density at radius 2 is 2.36 bits per heavy atom. The van der Waals surface area contributed by atoms with Gasteiger partial charge < -0.3 is 10.8 Å². The highest BCUT2D eigenvalue weighted by Gasteiger charge is 1.96. The fourth-order valence-electron chi connectivity index (χ4n) is 0.783. The van der Waals surface area contributed by atoms with Crippen LogP contribution in [0.1, 0.15) is 19.8 Å². The second-order valence-corrected chi connectivity index (χ2v) is 2.61. The molecular weight excluding hydrogens is 142 g/mol. The van der Waals surface area contributed by atoms with Gasteiger partial charge in [-0.3, -0.25) is 0 Å². The summed E-state index contributed by atoms with van der Waals surface area (Å²) in [6.07, 6.45) is 4.78. The van der Waals surface area contributed by atoms with Gasteiger partial charge in [-0.25, -0.2) is 4.79 Å². The molecule has 3 nitrogen and oxygen atoms in total. The van der Waals surface area contributed by atoms with Crippen molar-refractivity contribution >= 4 is 5.97 Å². The van der Waals surface area contributed by atoms with Crippen LogP contribution in [0.5, 0.6) is 0 Å². The number of carboxylic acids is 1. The van der Waals surface area contributed by atoms with Crippen molar-refractivity contribution in [1.82, 2.24) is 0 Å². The molecule has 0 aliphatic carbocycles. The summed E-state index contributed by atoms with van der Waals surface area (Å²) in [4.78, 5) is 10.1. The topological polar surface area (TPSA) is 63.3 Å². The van der Waals surface area contributed by atoms with E-state index in [1.54, 1.807) is 6.08 Å². The molecule has 0 heterocycles. The standard InChI is InChI=1S/C8H15NO2/c1-7(3-2-6-9)4-5-8(10)11/h4-5,7H,2-3,6,9H2,1H3,(H,10,11). The van der Waals surface area contributed by atoms with Crippen LogP contribution >= 0.6 is 0 Å². The molecule has 0 aromatic rings. The van der Waals surface area contributed by atoms with Gasteiger partial charge in [0.2, 0.25) is 0 Å². The Morgan fingerprint density at radius 3 is 2.82 bits per heavy atom. The van der Waals surface area contributed by atoms with Gasteiger partial charge in [-0.1, -0.05) is 13.0 Å². The smallest absolute Gasteiger partial charge is 0.327 e. The molecular formula is C8H15NO2. The van der Waals surface area contributed by atoms with Crippen molar-refractivity contribution < 1.29 is 9.90 Å². The first-order chi connectivity index (χ1) is 5.16. The Balaban J connectivity index is 3.50. The lowest BCUT2D eigenvalue weighted by Crippen LogP contribution is -2.01. The lowest BCUT2D eigenvalue weighted by atomic mass is 10.1. The first kappa shape index (κ1) is 10.2. The molecule has 0 saturated carbocycles. The molecule has 0 aromatic heterocycles. The van der Waals surface area contributed by atoms with E-state index in [1.807, 2.05) is 6.92 Å². The predicted molar refractivity (Wildman–Crippen MR) is 44.2 cm³/mol. The van der Waals surface area contributed by atoms with Crippen molar-refractivity contribution in [2.75, 3.05) is 6.54 Å². The molecule has 3 heteroatoms. The number of rotatable bonds is 5. The minimum Gasteiger partial charge on any atom is -0.478 e. The Kier molecular flexibility index (Phi) is 5.47. The molecule has 3 N–H and O–H groups in total. The summed E-state index contributed by atoms with van der Waals surface area (Å²) in [5, 5.41) is 8.28. The van der Waals surface area contributed by atoms with E-state index < -0.39 is 5.97 Å². The highest BCUT2D eigenvalue weighted by Crippen LogP contribution is 2.05. The Bertz CT molecular complexity index is 143. The average Bonchev–Trinajstić information content (AvgIpc) is 1.97. The van der Waals surface area contributed by atoms with Crippen molar-refractivity contribution in [2.24, 2.45) is 11.7 Å². The molecule has 0 bridgehead atoms. The van der Waals surface area contributed by atoms with Crippen LogP contribution in [-0.2, 0) is 4.79 Å². The minimum absolute atomic E-state index is 0.314. The maximum Gasteiger partial charge on any atom is 0.327 e. The molecule has 11 heavy (non-hydrogen) atoms. The van der Waals surface area contributed by atoms with E-state index in [2.05, 4.69) is 0 Å². The third-order valence-corrected chi connectivity index (χ3v) is 1.43. The fraction of sp³-hybridized carbons (Fsp3) is 0.625. The largest absolute Gasteiger partial charge is 0.478 e. The van der Waals surface area contributed by atoms with Gasteiger partial charge in [0, 0.05) is 6.08 Å². The summed E-state index contributed by atoms with van der Waals surface area (Å²) in [5.41, 5.74) is 5.29. The lowest BCUT2D eigenvalue weighted by Gasteiger charge is -2.02. The molecule has 0 aromatic carbocycles. The second-order valence-electron chi connectivity index (χ2n) is 2.61. The maximum atomic E-state index is 10.1. The second kappa shape index (κ2) is 5.92. The molecule has 0 radical (unpaired) electrons. The minimum atomic E-state index is -0.885. The number of carbonyl (C=O) groups is 1. The highest BCUT2D eigenvalue weighted by molar-refractivity contribution is 5.79. The molecule has 0 saturated heterocycles. The van der Waals surface area contributed by atoms with Gasteiger partial charge >= 0.3 is 5.97 Å². The third kappa shape index (κ3) is 7.06. The van der Waals surface area contributed by atoms with E-state index in [4.69, 9.17) is 10.8 Å². The van der Waals surface area contributed by atoms with Crippen LogP contribution in [0, 0.1) is 5.92 Å². The zero-order chi connectivity index (χ0) is 8.69. The Labute approximate surface area is 66.9 Å². The van der Waals surface area contributed by atoms with Crippen molar-refractivity contribution in [1.29, 1.82) is 0 Å². The van der Waals surface area contributed by atoms with Crippen LogP contribution in [0.15, 0.2) is 12.2 Å². The summed E-state index contributed by atoms with van der Waals surface area (Å²) in [6, 6.07) is 0. The molecule has 0 aliphatic rings. The predicted octanol–water partition coefficient (Wildman–Crippen LogP) is 1.00. The summed E-state index contributed by atoms with van der Waals surface area (Å²) < 4.78 is 0. The molecule has 0 aliphatic heterocycles. The van der Waals surface area contributed by atoms with E-state index in [0.717, 1.165) is 12.8 Å². The zero-order valence-electron chi connectivity index (χ0n) is 6.79. The molecule has 0 fully saturated rings. The van der Waals surface area contributed by atoms with Crippen LogP contribution < -0.4 is 5.73 Å². The van der Waals surface area contributed by atoms with E-state index in [1.165, 1.54) is 6.08 Å². The number of nitrogens with two attached hydrogens (primary N) is 1. The van der Waals surface area contributed by atoms with Crippen LogP contribution in [0.2, 0.25) is 0 Å². The van der Waals surface area contributed by atoms with Gasteiger partial charge in [-0.2, -0.15) is 0 Å². The zero-order valence-corrected chi connectivity index (χ0v) is 6.79. The van der Waals surface area contributed by atoms with Gasteiger partial charge in [0.05, 0.1) is 0 Å². The average molecular weight is 157 g/mol. The summed E-state index contributed by atoms with van der Waals surface area (Å²) in [6.45, 7) is 2.65. The molecule has 0 amide bonds. The van der Waals surface area contributed by atoms with Crippen LogP contribution in [0.25, 0.3) is 0 Å². The Hall–Kier alpha value is -0.830. The molecule has 1 unspecified atom stereocenters.